The highest BCUT2D eigenvalue weighted by atomic mass is 16.5. The molecule has 1 saturated heterocycles. The minimum Gasteiger partial charge on any atom is -0.497 e. The van der Waals surface area contributed by atoms with Crippen molar-refractivity contribution in [3.05, 3.63) is 65.7 Å². The van der Waals surface area contributed by atoms with Crippen LogP contribution in [-0.2, 0) is 16.9 Å². The van der Waals surface area contributed by atoms with Crippen LogP contribution in [0.5, 0.6) is 5.75 Å². The number of amides is 1. The van der Waals surface area contributed by atoms with Crippen molar-refractivity contribution in [1.29, 1.82) is 0 Å². The number of nitrogens with zero attached hydrogens (tertiary/aromatic N) is 3. The second-order valence-electron chi connectivity index (χ2n) is 9.71. The van der Waals surface area contributed by atoms with Gasteiger partial charge in [-0.15, -0.1) is 0 Å². The second kappa shape index (κ2) is 9.43. The molecule has 7 nitrogen and oxygen atoms in total. The van der Waals surface area contributed by atoms with Crippen LogP contribution in [-0.4, -0.2) is 71.9 Å². The van der Waals surface area contributed by atoms with Gasteiger partial charge in [0.05, 0.1) is 13.7 Å². The molecule has 1 aliphatic heterocycles. The van der Waals surface area contributed by atoms with Crippen molar-refractivity contribution in [1.82, 2.24) is 14.7 Å². The normalized spacial score (nSPS) is 28.5. The Hall–Kier alpha value is -2.45. The fourth-order valence-electron chi connectivity index (χ4n) is 5.83. The number of primary amides is 1. The predicted octanol–water partition coefficient (Wildman–Crippen LogP) is 2.34. The monoisotopic (exact) mass is 452 g/mol. The Morgan fingerprint density at radius 3 is 2.27 bits per heavy atom. The fourth-order valence-corrected chi connectivity index (χ4v) is 5.83. The number of hydrogen-bond donors (Lipinski definition) is 2. The van der Waals surface area contributed by atoms with Gasteiger partial charge in [-0.05, 0) is 63.0 Å². The van der Waals surface area contributed by atoms with Gasteiger partial charge in [0, 0.05) is 24.2 Å². The second-order valence-corrected chi connectivity index (χ2v) is 9.71. The quantitative estimate of drug-likeness (QED) is 0.671. The average Bonchev–Trinajstić information content (AvgIpc) is 3.05. The van der Waals surface area contributed by atoms with E-state index in [9.17, 15) is 9.90 Å². The molecule has 7 heteroatoms. The molecule has 1 saturated carbocycles. The van der Waals surface area contributed by atoms with E-state index in [0.29, 0.717) is 13.1 Å². The molecule has 0 radical (unpaired) electrons. The third-order valence-corrected chi connectivity index (χ3v) is 7.76. The Morgan fingerprint density at radius 1 is 1.09 bits per heavy atom. The van der Waals surface area contributed by atoms with Crippen LogP contribution in [0.2, 0.25) is 0 Å². The maximum atomic E-state index is 11.9. The number of benzene rings is 2. The summed E-state index contributed by atoms with van der Waals surface area (Å²) in [7, 11) is 5.94. The van der Waals surface area contributed by atoms with E-state index in [-0.39, 0.29) is 17.6 Å². The summed E-state index contributed by atoms with van der Waals surface area (Å²) in [4.78, 5) is 18.3. The summed E-state index contributed by atoms with van der Waals surface area (Å²) in [6.45, 7) is 1.35. The zero-order valence-electron chi connectivity index (χ0n) is 19.9. The number of carbonyl (C=O) groups excluding carboxylic acids is 1. The van der Waals surface area contributed by atoms with Crippen LogP contribution in [0.25, 0.3) is 0 Å². The lowest BCUT2D eigenvalue weighted by Gasteiger charge is -2.51. The summed E-state index contributed by atoms with van der Waals surface area (Å²) < 4.78 is 5.26. The number of methoxy groups -OCH3 is 1. The summed E-state index contributed by atoms with van der Waals surface area (Å²) in [6, 6.07) is 18.6. The fraction of sp³-hybridized carbons (Fsp3) is 0.500. The molecule has 1 unspecified atom stereocenters. The molecule has 2 aromatic rings. The van der Waals surface area contributed by atoms with Crippen molar-refractivity contribution in [2.45, 2.75) is 49.7 Å². The SMILES string of the molecule is COc1ccc(CN2C[C@]3(CC[C@](c4ccccc4)(N(C)C)CC3)N(CC(N)=O)C2O)cc1. The van der Waals surface area contributed by atoms with Crippen LogP contribution < -0.4 is 10.5 Å². The van der Waals surface area contributed by atoms with Gasteiger partial charge in [0.25, 0.3) is 0 Å². The van der Waals surface area contributed by atoms with Crippen LogP contribution in [0.4, 0.5) is 0 Å². The first-order valence-electron chi connectivity index (χ1n) is 11.6. The van der Waals surface area contributed by atoms with Gasteiger partial charge >= 0.3 is 0 Å². The number of nitrogens with two attached hydrogens (primary N) is 1. The van der Waals surface area contributed by atoms with Crippen LogP contribution in [0.15, 0.2) is 54.6 Å². The molecule has 1 amide bonds. The van der Waals surface area contributed by atoms with E-state index >= 15 is 0 Å². The summed E-state index contributed by atoms with van der Waals surface area (Å²) >= 11 is 0. The van der Waals surface area contributed by atoms with Crippen LogP contribution in [0.3, 0.4) is 0 Å². The summed E-state index contributed by atoms with van der Waals surface area (Å²) in [5.74, 6) is 0.396. The minimum atomic E-state index is -0.844. The van der Waals surface area contributed by atoms with Gasteiger partial charge in [0.2, 0.25) is 5.91 Å². The third-order valence-electron chi connectivity index (χ3n) is 7.76. The molecule has 1 atom stereocenters. The van der Waals surface area contributed by atoms with Gasteiger partial charge in [0.15, 0.2) is 6.35 Å². The van der Waals surface area contributed by atoms with Crippen LogP contribution in [0.1, 0.15) is 36.8 Å². The summed E-state index contributed by atoms with van der Waals surface area (Å²) in [6.07, 6.45) is 2.81. The highest BCUT2D eigenvalue weighted by Crippen LogP contribution is 2.49. The van der Waals surface area contributed by atoms with Crippen molar-refractivity contribution >= 4 is 5.91 Å². The van der Waals surface area contributed by atoms with E-state index in [2.05, 4.69) is 54.2 Å². The number of aliphatic hydroxyl groups excluding tert-OH is 1. The summed E-state index contributed by atoms with van der Waals surface area (Å²) in [5.41, 5.74) is 7.69. The molecular formula is C26H36N4O3. The Balaban J connectivity index is 1.57. The third kappa shape index (κ3) is 4.51. The molecular weight excluding hydrogens is 416 g/mol. The standard InChI is InChI=1S/C26H36N4O3/c1-28(2)26(21-7-5-4-6-8-21)15-13-25(14-16-26)19-29(24(32)30(25)18-23(27)31)17-20-9-11-22(33-3)12-10-20/h4-12,24,32H,13-19H2,1-3H3,(H2,27,31)/t24?,25-,26+. The maximum absolute atomic E-state index is 11.9. The Kier molecular flexibility index (Phi) is 6.77. The van der Waals surface area contributed by atoms with Gasteiger partial charge in [-0.25, -0.2) is 4.90 Å². The van der Waals surface area contributed by atoms with Gasteiger partial charge in [-0.3, -0.25) is 14.6 Å². The van der Waals surface area contributed by atoms with Gasteiger partial charge < -0.3 is 15.6 Å². The molecule has 1 aliphatic carbocycles. The highest BCUT2D eigenvalue weighted by Gasteiger charge is 2.54. The summed E-state index contributed by atoms with van der Waals surface area (Å²) in [5, 5.41) is 11.2. The molecule has 33 heavy (non-hydrogen) atoms. The zero-order chi connectivity index (χ0) is 23.6. The topological polar surface area (TPSA) is 82.3 Å². The largest absolute Gasteiger partial charge is 0.497 e. The first-order chi connectivity index (χ1) is 15.8. The first kappa shape index (κ1) is 23.7. The van der Waals surface area contributed by atoms with Gasteiger partial charge in [-0.1, -0.05) is 42.5 Å². The number of aliphatic hydroxyl groups is 1. The molecule has 3 N–H and O–H groups in total. The molecule has 0 aromatic heterocycles. The first-order valence-corrected chi connectivity index (χ1v) is 11.6. The van der Waals surface area contributed by atoms with Crippen LogP contribution in [0, 0.1) is 0 Å². The van der Waals surface area contributed by atoms with Gasteiger partial charge in [0.1, 0.15) is 5.75 Å². The van der Waals surface area contributed by atoms with Crippen molar-refractivity contribution in [2.75, 3.05) is 34.3 Å². The van der Waals surface area contributed by atoms with E-state index in [4.69, 9.17) is 10.5 Å². The van der Waals surface area contributed by atoms with Crippen molar-refractivity contribution in [3.8, 4) is 5.75 Å². The molecule has 1 spiro atoms. The molecule has 1 heterocycles. The zero-order valence-corrected chi connectivity index (χ0v) is 19.9. The van der Waals surface area contributed by atoms with E-state index in [1.807, 2.05) is 29.2 Å². The van der Waals surface area contributed by atoms with E-state index in [1.54, 1.807) is 7.11 Å². The van der Waals surface area contributed by atoms with Crippen molar-refractivity contribution < 1.29 is 14.6 Å². The van der Waals surface area contributed by atoms with Crippen molar-refractivity contribution in [3.63, 3.8) is 0 Å². The molecule has 2 aromatic carbocycles. The Morgan fingerprint density at radius 2 is 1.73 bits per heavy atom. The molecule has 2 aliphatic rings. The highest BCUT2D eigenvalue weighted by molar-refractivity contribution is 5.76. The lowest BCUT2D eigenvalue weighted by Crippen LogP contribution is -2.57. The maximum Gasteiger partial charge on any atom is 0.231 e. The molecule has 2 fully saturated rings. The molecule has 0 bridgehead atoms. The lowest BCUT2D eigenvalue weighted by atomic mass is 9.68. The Bertz CT molecular complexity index is 940. The predicted molar refractivity (Wildman–Crippen MR) is 128 cm³/mol. The van der Waals surface area contributed by atoms with E-state index < -0.39 is 12.3 Å². The van der Waals surface area contributed by atoms with E-state index in [1.165, 1.54) is 5.56 Å². The number of carbonyl (C=O) groups is 1. The number of ether oxygens (including phenoxy) is 1. The Labute approximate surface area is 196 Å². The number of rotatable bonds is 7. The molecule has 178 valence electrons. The average molecular weight is 453 g/mol. The van der Waals surface area contributed by atoms with E-state index in [0.717, 1.165) is 37.0 Å². The van der Waals surface area contributed by atoms with Gasteiger partial charge in [-0.2, -0.15) is 0 Å². The van der Waals surface area contributed by atoms with Crippen molar-refractivity contribution in [2.24, 2.45) is 5.73 Å². The molecule has 4 rings (SSSR count). The smallest absolute Gasteiger partial charge is 0.231 e. The minimum absolute atomic E-state index is 0.0561. The lowest BCUT2D eigenvalue weighted by molar-refractivity contribution is -0.131. The number of hydrogen-bond acceptors (Lipinski definition) is 6. The van der Waals surface area contributed by atoms with Crippen LogP contribution >= 0.6 is 0 Å².